The minimum absolute atomic E-state index is 0.0952. The van der Waals surface area contributed by atoms with Crippen LogP contribution in [0.15, 0.2) is 109 Å². The van der Waals surface area contributed by atoms with Gasteiger partial charge in [-0.3, -0.25) is 9.59 Å². The number of ketones is 1. The van der Waals surface area contributed by atoms with Crippen LogP contribution in [0.4, 0.5) is 0 Å². The van der Waals surface area contributed by atoms with Crippen molar-refractivity contribution in [3.05, 3.63) is 120 Å². The predicted molar refractivity (Wildman–Crippen MR) is 179 cm³/mol. The Hall–Kier alpha value is -4.50. The van der Waals surface area contributed by atoms with Crippen LogP contribution in [0.1, 0.15) is 51.2 Å². The van der Waals surface area contributed by atoms with E-state index in [0.717, 1.165) is 0 Å². The van der Waals surface area contributed by atoms with E-state index in [0.29, 0.717) is 19.3 Å². The minimum Gasteiger partial charge on any atom is -0.462 e. The molecule has 0 unspecified atom stereocenters. The van der Waals surface area contributed by atoms with Crippen molar-refractivity contribution in [3.63, 3.8) is 0 Å². The normalized spacial score (nSPS) is 12.0. The first-order chi connectivity index (χ1) is 20.7. The van der Waals surface area contributed by atoms with Crippen LogP contribution in [0.25, 0.3) is 43.1 Å². The van der Waals surface area contributed by atoms with Crippen molar-refractivity contribution >= 4 is 54.8 Å². The second kappa shape index (κ2) is 12.0. The third-order valence-corrected chi connectivity index (χ3v) is 8.26. The number of hydrogen-bond donors (Lipinski definition) is 0. The largest absolute Gasteiger partial charge is 0.462 e. The summed E-state index contributed by atoms with van der Waals surface area (Å²) in [5, 5.41) is 9.37. The summed E-state index contributed by atoms with van der Waals surface area (Å²) in [4.78, 5) is 26.0. The lowest BCUT2D eigenvalue weighted by atomic mass is 9.88. The molecule has 3 nitrogen and oxygen atoms in total. The molecule has 0 bridgehead atoms. The van der Waals surface area contributed by atoms with Crippen LogP contribution in [-0.2, 0) is 27.2 Å². The Kier molecular flexibility index (Phi) is 7.99. The van der Waals surface area contributed by atoms with Gasteiger partial charge < -0.3 is 4.74 Å². The third-order valence-electron chi connectivity index (χ3n) is 8.26. The Morgan fingerprint density at radius 2 is 0.953 bits per heavy atom. The first kappa shape index (κ1) is 28.6. The lowest BCUT2D eigenvalue weighted by Gasteiger charge is -2.23. The molecule has 0 aromatic heterocycles. The van der Waals surface area contributed by atoms with E-state index in [1.807, 2.05) is 20.8 Å². The van der Waals surface area contributed by atoms with Crippen LogP contribution in [0.3, 0.4) is 0 Å². The molecule has 0 saturated carbocycles. The van der Waals surface area contributed by atoms with Gasteiger partial charge in [-0.15, -0.1) is 0 Å². The van der Waals surface area contributed by atoms with Crippen molar-refractivity contribution in [3.8, 4) is 0 Å². The fraction of sp³-hybridized carbons (Fsp3) is 0.250. The average Bonchev–Trinajstić information content (AvgIpc) is 2.99. The summed E-state index contributed by atoms with van der Waals surface area (Å²) in [6.07, 6.45) is 1.49. The Morgan fingerprint density at radius 1 is 0.581 bits per heavy atom. The van der Waals surface area contributed by atoms with Gasteiger partial charge in [0.05, 0.1) is 6.42 Å². The average molecular weight is 567 g/mol. The Labute approximate surface area is 253 Å². The van der Waals surface area contributed by atoms with Gasteiger partial charge in [0.15, 0.2) is 0 Å². The summed E-state index contributed by atoms with van der Waals surface area (Å²) < 4.78 is 6.34. The molecular weight excluding hydrogens is 528 g/mol. The van der Waals surface area contributed by atoms with Gasteiger partial charge in [0.1, 0.15) is 11.9 Å². The standard InChI is InChI=1S/C40H38O3/c1-40(2,3)26-31(41)20-21-39(42)43-32(24-37-33-16-8-4-12-27(33)22-28-13-5-9-17-34(28)37)25-38-35-18-10-6-14-29(35)23-30-15-7-11-19-36(30)38/h4-19,22-23,32H,20-21,24-26H2,1-3H3. The Bertz CT molecular complexity index is 1730. The molecule has 6 aromatic carbocycles. The highest BCUT2D eigenvalue weighted by molar-refractivity contribution is 6.03. The maximum absolute atomic E-state index is 13.4. The molecule has 0 spiro atoms. The monoisotopic (exact) mass is 566 g/mol. The molecule has 6 aromatic rings. The van der Waals surface area contributed by atoms with Crippen LogP contribution >= 0.6 is 0 Å². The van der Waals surface area contributed by atoms with Crippen molar-refractivity contribution in [1.29, 1.82) is 0 Å². The molecule has 0 heterocycles. The van der Waals surface area contributed by atoms with E-state index in [4.69, 9.17) is 4.74 Å². The lowest BCUT2D eigenvalue weighted by molar-refractivity contribution is -0.150. The zero-order chi connectivity index (χ0) is 30.0. The SMILES string of the molecule is CC(C)(C)CC(=O)CCC(=O)OC(Cc1c2ccccc2cc2ccccc12)Cc1c2ccccc2cc2ccccc12. The van der Waals surface area contributed by atoms with Crippen LogP contribution in [0.5, 0.6) is 0 Å². The molecule has 0 fully saturated rings. The van der Waals surface area contributed by atoms with Gasteiger partial charge >= 0.3 is 5.97 Å². The number of rotatable bonds is 9. The number of ether oxygens (including phenoxy) is 1. The maximum Gasteiger partial charge on any atom is 0.306 e. The van der Waals surface area contributed by atoms with Gasteiger partial charge in [-0.25, -0.2) is 0 Å². The summed E-state index contributed by atoms with van der Waals surface area (Å²) in [5.74, 6) is -0.220. The number of carbonyl (C=O) groups is 2. The number of fused-ring (bicyclic) bond motifs is 4. The highest BCUT2D eigenvalue weighted by Crippen LogP contribution is 2.34. The molecule has 0 aliphatic carbocycles. The Morgan fingerprint density at radius 3 is 1.33 bits per heavy atom. The topological polar surface area (TPSA) is 43.4 Å². The molecule has 0 aliphatic rings. The second-order valence-corrected chi connectivity index (χ2v) is 12.9. The van der Waals surface area contributed by atoms with Gasteiger partial charge in [0.2, 0.25) is 0 Å². The molecule has 216 valence electrons. The molecule has 0 aliphatic heterocycles. The van der Waals surface area contributed by atoms with Crippen molar-refractivity contribution in [1.82, 2.24) is 0 Å². The molecular formula is C40H38O3. The number of hydrogen-bond acceptors (Lipinski definition) is 3. The van der Waals surface area contributed by atoms with E-state index in [1.54, 1.807) is 0 Å². The first-order valence-electron chi connectivity index (χ1n) is 15.2. The van der Waals surface area contributed by atoms with Crippen molar-refractivity contribution in [2.24, 2.45) is 5.41 Å². The van der Waals surface area contributed by atoms with Crippen molar-refractivity contribution < 1.29 is 14.3 Å². The zero-order valence-corrected chi connectivity index (χ0v) is 25.2. The summed E-state index contributed by atoms with van der Waals surface area (Å²) in [5.41, 5.74) is 2.26. The van der Waals surface area contributed by atoms with E-state index < -0.39 is 6.10 Å². The van der Waals surface area contributed by atoms with E-state index in [1.165, 1.54) is 54.2 Å². The van der Waals surface area contributed by atoms with E-state index >= 15 is 0 Å². The van der Waals surface area contributed by atoms with E-state index in [9.17, 15) is 9.59 Å². The highest BCUT2D eigenvalue weighted by Gasteiger charge is 2.23. The van der Waals surface area contributed by atoms with E-state index in [2.05, 4.69) is 109 Å². The molecule has 6 rings (SSSR count). The van der Waals surface area contributed by atoms with Crippen LogP contribution in [0.2, 0.25) is 0 Å². The lowest BCUT2D eigenvalue weighted by Crippen LogP contribution is -2.24. The quantitative estimate of drug-likeness (QED) is 0.129. The van der Waals surface area contributed by atoms with Gasteiger partial charge in [-0.1, -0.05) is 118 Å². The number of Topliss-reactive ketones (excluding diaryl/α,β-unsaturated/α-hetero) is 1. The number of carbonyl (C=O) groups excluding carboxylic acids is 2. The van der Waals surface area contributed by atoms with Gasteiger partial charge in [0, 0.05) is 25.7 Å². The maximum atomic E-state index is 13.4. The summed E-state index contributed by atoms with van der Waals surface area (Å²) >= 11 is 0. The molecule has 43 heavy (non-hydrogen) atoms. The first-order valence-corrected chi connectivity index (χ1v) is 15.2. The van der Waals surface area contributed by atoms with Crippen molar-refractivity contribution in [2.75, 3.05) is 0 Å². The van der Waals surface area contributed by atoms with Crippen LogP contribution < -0.4 is 0 Å². The minimum atomic E-state index is -0.409. The molecule has 3 heteroatoms. The van der Waals surface area contributed by atoms with Crippen molar-refractivity contribution in [2.45, 2.75) is 59.0 Å². The third kappa shape index (κ3) is 6.46. The molecule has 0 amide bonds. The molecule has 0 saturated heterocycles. The summed E-state index contributed by atoms with van der Waals surface area (Å²) in [6.45, 7) is 6.13. The fourth-order valence-corrected chi connectivity index (χ4v) is 6.43. The zero-order valence-electron chi connectivity index (χ0n) is 25.2. The highest BCUT2D eigenvalue weighted by atomic mass is 16.5. The molecule has 0 radical (unpaired) electrons. The second-order valence-electron chi connectivity index (χ2n) is 12.9. The molecule has 0 N–H and O–H groups in total. The number of esters is 1. The van der Waals surface area contributed by atoms with Crippen LogP contribution in [0, 0.1) is 5.41 Å². The number of benzene rings is 6. The van der Waals surface area contributed by atoms with Gasteiger partial charge in [-0.2, -0.15) is 0 Å². The van der Waals surface area contributed by atoms with Gasteiger partial charge in [0.25, 0.3) is 0 Å². The summed E-state index contributed by atoms with van der Waals surface area (Å²) in [7, 11) is 0. The fourth-order valence-electron chi connectivity index (χ4n) is 6.43. The predicted octanol–water partition coefficient (Wildman–Crippen LogP) is 9.78. The molecule has 0 atom stereocenters. The van der Waals surface area contributed by atoms with Crippen LogP contribution in [-0.4, -0.2) is 17.9 Å². The summed E-state index contributed by atoms with van der Waals surface area (Å²) in [6, 6.07) is 38.2. The smallest absolute Gasteiger partial charge is 0.306 e. The Balaban J connectivity index is 1.41. The van der Waals surface area contributed by atoms with E-state index in [-0.39, 0.29) is 30.0 Å². The van der Waals surface area contributed by atoms with Gasteiger partial charge in [-0.05, 0) is 71.8 Å².